The number of allylic oxidation sites excluding steroid dienone is 2. The molecule has 7 rings (SSSR count). The van der Waals surface area contributed by atoms with Crippen LogP contribution in [0.4, 0.5) is 31.1 Å². The predicted octanol–water partition coefficient (Wildman–Crippen LogP) is 11.4. The molecule has 61 heavy (non-hydrogen) atoms. The SMILES string of the molecule is CC1=CCC[C@@]2(C)[C@@H](CC[C@@]2(O)CN(Cc2ccc(OC(F)(F)F)cc2)C(=O)NC(C)C)c2ccc(cc2C(=O)c2ccc(-c3cc(C(F)(F)F)ccc3Cl)o2)C[C@@H](O)CC1. The number of hydrogen-bond donors (Lipinski definition) is 3. The van der Waals surface area contributed by atoms with E-state index in [2.05, 4.69) is 16.1 Å². The number of furan rings is 1. The Balaban J connectivity index is 1.40. The average Bonchev–Trinajstić information content (AvgIpc) is 3.75. The monoisotopic (exact) mass is 874 g/mol. The summed E-state index contributed by atoms with van der Waals surface area (Å²) in [6, 6.07) is 15.3. The Morgan fingerprint density at radius 1 is 0.984 bits per heavy atom. The van der Waals surface area contributed by atoms with Crippen LogP contribution < -0.4 is 10.1 Å². The lowest BCUT2D eigenvalue weighted by Crippen LogP contribution is -2.55. The molecule has 15 heteroatoms. The van der Waals surface area contributed by atoms with Gasteiger partial charge in [-0.25, -0.2) is 4.79 Å². The van der Waals surface area contributed by atoms with Gasteiger partial charge >= 0.3 is 18.6 Å². The maximum Gasteiger partial charge on any atom is 0.573 e. The molecule has 3 aliphatic rings. The van der Waals surface area contributed by atoms with Crippen molar-refractivity contribution in [3.63, 3.8) is 0 Å². The zero-order valence-corrected chi connectivity index (χ0v) is 35.0. The second-order valence-electron chi connectivity index (χ2n) is 16.8. The van der Waals surface area contributed by atoms with Crippen molar-refractivity contribution in [2.45, 2.75) is 115 Å². The molecule has 0 aliphatic heterocycles. The summed E-state index contributed by atoms with van der Waals surface area (Å²) in [6.07, 6.45) is -5.30. The van der Waals surface area contributed by atoms with Crippen LogP contribution in [0.1, 0.15) is 111 Å². The highest BCUT2D eigenvalue weighted by atomic mass is 35.5. The molecule has 1 fully saturated rings. The highest BCUT2D eigenvalue weighted by Gasteiger charge is 2.58. The fourth-order valence-electron chi connectivity index (χ4n) is 8.69. The second kappa shape index (κ2) is 17.9. The second-order valence-corrected chi connectivity index (χ2v) is 17.2. The minimum atomic E-state index is -4.88. The number of rotatable bonds is 9. The number of fused-ring (bicyclic) bond motifs is 8. The lowest BCUT2D eigenvalue weighted by atomic mass is 9.64. The molecular weight excluding hydrogens is 826 g/mol. The maximum absolute atomic E-state index is 14.6. The number of aliphatic hydroxyl groups excluding tert-OH is 1. The standard InChI is InChI=1S/C46H49ClF6N2O6/c1-27(2)54-42(58)55(25-29-8-13-33(14-9-29)61-46(51,52)53)26-44(59)21-19-37-34-15-10-30(22-32(56)12-7-28(3)6-5-20-43(37,44)4)23-35(34)41(57)40-18-17-39(60-40)36-24-31(45(48,49)50)11-16-38(36)47/h6,8-11,13-18,23-24,27,32,37,56,59H,5,7,12,19-22,25-26H2,1-4H3,(H,54,58)/t32-,37-,43-,44+/m0/s1. The average molecular weight is 875 g/mol. The van der Waals surface area contributed by atoms with E-state index in [0.29, 0.717) is 48.8 Å². The zero-order chi connectivity index (χ0) is 44.5. The van der Waals surface area contributed by atoms with E-state index in [1.165, 1.54) is 29.2 Å². The van der Waals surface area contributed by atoms with Gasteiger partial charge in [-0.3, -0.25) is 4.79 Å². The summed E-state index contributed by atoms with van der Waals surface area (Å²) >= 11 is 6.31. The Kier molecular flexibility index (Phi) is 13.4. The first-order chi connectivity index (χ1) is 28.5. The molecule has 0 radical (unpaired) electrons. The predicted molar refractivity (Wildman–Crippen MR) is 218 cm³/mol. The molecule has 1 aromatic heterocycles. The number of urea groups is 1. The van der Waals surface area contributed by atoms with Crippen LogP contribution in [-0.2, 0) is 19.1 Å². The van der Waals surface area contributed by atoms with Crippen molar-refractivity contribution in [1.29, 1.82) is 0 Å². The summed E-state index contributed by atoms with van der Waals surface area (Å²) in [5.41, 5.74) is -0.455. The largest absolute Gasteiger partial charge is 0.573 e. The van der Waals surface area contributed by atoms with E-state index in [1.54, 1.807) is 19.9 Å². The fraction of sp³-hybridized carbons (Fsp3) is 0.435. The van der Waals surface area contributed by atoms with Gasteiger partial charge in [-0.15, -0.1) is 13.2 Å². The number of ketones is 1. The molecule has 0 spiro atoms. The number of nitrogens with one attached hydrogen (secondary N) is 1. The van der Waals surface area contributed by atoms with E-state index in [-0.39, 0.29) is 59.6 Å². The minimum absolute atomic E-state index is 0.00615. The lowest BCUT2D eigenvalue weighted by Gasteiger charge is -2.46. The molecular formula is C46H49ClF6N2O6. The molecule has 1 saturated carbocycles. The topological polar surface area (TPSA) is 112 Å². The Morgan fingerprint density at radius 2 is 1.70 bits per heavy atom. The summed E-state index contributed by atoms with van der Waals surface area (Å²) in [5.74, 6) is -1.64. The smallest absolute Gasteiger partial charge is 0.453 e. The quantitative estimate of drug-likeness (QED) is 0.0877. The summed E-state index contributed by atoms with van der Waals surface area (Å²) in [6.45, 7) is 7.28. The number of alkyl halides is 6. The van der Waals surface area contributed by atoms with Gasteiger partial charge < -0.3 is 29.6 Å². The van der Waals surface area contributed by atoms with Crippen LogP contribution in [0.15, 0.2) is 88.9 Å². The molecule has 3 aliphatic carbocycles. The summed E-state index contributed by atoms with van der Waals surface area (Å²) in [4.78, 5) is 29.9. The van der Waals surface area contributed by atoms with Crippen LogP contribution >= 0.6 is 11.6 Å². The summed E-state index contributed by atoms with van der Waals surface area (Å²) in [7, 11) is 0. The van der Waals surface area contributed by atoms with Gasteiger partial charge in [0, 0.05) is 29.1 Å². The highest BCUT2D eigenvalue weighted by Crippen LogP contribution is 2.59. The van der Waals surface area contributed by atoms with Gasteiger partial charge in [-0.2, -0.15) is 13.2 Å². The molecule has 8 nitrogen and oxygen atoms in total. The first kappa shape index (κ1) is 45.7. The van der Waals surface area contributed by atoms with Crippen LogP contribution in [0.2, 0.25) is 5.02 Å². The molecule has 328 valence electrons. The van der Waals surface area contributed by atoms with Gasteiger partial charge in [0.1, 0.15) is 11.5 Å². The molecule has 4 atom stereocenters. The number of amides is 2. The number of ether oxygens (including phenoxy) is 1. The van der Waals surface area contributed by atoms with Crippen molar-refractivity contribution in [3.8, 4) is 17.1 Å². The third-order valence-electron chi connectivity index (χ3n) is 12.0. The van der Waals surface area contributed by atoms with Crippen molar-refractivity contribution in [2.24, 2.45) is 5.41 Å². The third-order valence-corrected chi connectivity index (χ3v) is 12.3. The number of carbonyl (C=O) groups is 2. The van der Waals surface area contributed by atoms with Gasteiger partial charge in [0.2, 0.25) is 5.78 Å². The molecule has 0 unspecified atom stereocenters. The van der Waals surface area contributed by atoms with E-state index in [0.717, 1.165) is 35.9 Å². The van der Waals surface area contributed by atoms with Crippen LogP contribution in [0.5, 0.6) is 5.75 Å². The van der Waals surface area contributed by atoms with E-state index in [9.17, 15) is 46.1 Å². The number of nitrogens with zero attached hydrogens (tertiary/aromatic N) is 1. The van der Waals surface area contributed by atoms with Crippen molar-refractivity contribution in [3.05, 3.63) is 123 Å². The number of benzene rings is 3. The Morgan fingerprint density at radius 3 is 2.38 bits per heavy atom. The molecule has 3 aromatic carbocycles. The van der Waals surface area contributed by atoms with Gasteiger partial charge in [0.05, 0.1) is 28.8 Å². The summed E-state index contributed by atoms with van der Waals surface area (Å²) < 4.78 is 89.5. The Hall–Kier alpha value is -4.79. The van der Waals surface area contributed by atoms with Crippen molar-refractivity contribution in [2.75, 3.05) is 6.54 Å². The maximum atomic E-state index is 14.6. The number of carbonyl (C=O) groups excluding carboxylic acids is 2. The Bertz CT molecular complexity index is 2250. The number of hydrogen-bond acceptors (Lipinski definition) is 6. The summed E-state index contributed by atoms with van der Waals surface area (Å²) in [5, 5.41) is 26.9. The highest BCUT2D eigenvalue weighted by molar-refractivity contribution is 6.33. The van der Waals surface area contributed by atoms with E-state index >= 15 is 0 Å². The first-order valence-corrected chi connectivity index (χ1v) is 20.5. The van der Waals surface area contributed by atoms with Gasteiger partial charge in [-0.1, -0.05) is 54.4 Å². The number of aliphatic hydroxyl groups is 2. The van der Waals surface area contributed by atoms with E-state index < -0.39 is 58.7 Å². The third kappa shape index (κ3) is 10.6. The van der Waals surface area contributed by atoms with Gasteiger partial charge in [0.25, 0.3) is 0 Å². The minimum Gasteiger partial charge on any atom is -0.453 e. The molecule has 0 saturated heterocycles. The van der Waals surface area contributed by atoms with Crippen molar-refractivity contribution < 1.29 is 55.3 Å². The zero-order valence-electron chi connectivity index (χ0n) is 34.2. The van der Waals surface area contributed by atoms with Crippen LogP contribution in [-0.4, -0.2) is 57.6 Å². The fourth-order valence-corrected chi connectivity index (χ4v) is 8.91. The normalized spacial score (nSPS) is 22.4. The van der Waals surface area contributed by atoms with Gasteiger partial charge in [0.15, 0.2) is 5.76 Å². The van der Waals surface area contributed by atoms with E-state index in [4.69, 9.17) is 16.0 Å². The van der Waals surface area contributed by atoms with Crippen molar-refractivity contribution in [1.82, 2.24) is 10.2 Å². The van der Waals surface area contributed by atoms with Crippen LogP contribution in [0.25, 0.3) is 11.3 Å². The van der Waals surface area contributed by atoms with E-state index in [1.807, 2.05) is 26.0 Å². The molecule has 2 bridgehead atoms. The van der Waals surface area contributed by atoms with Gasteiger partial charge in [-0.05, 0) is 137 Å². The molecule has 3 N–H and O–H groups in total. The number of halogens is 7. The molecule has 4 aromatic rings. The Labute approximate surface area is 355 Å². The molecule has 2 amide bonds. The first-order valence-electron chi connectivity index (χ1n) is 20.2. The lowest BCUT2D eigenvalue weighted by molar-refractivity contribution is -0.274. The van der Waals surface area contributed by atoms with Crippen LogP contribution in [0.3, 0.4) is 0 Å². The molecule has 1 heterocycles. The van der Waals surface area contributed by atoms with Crippen LogP contribution in [0, 0.1) is 5.41 Å². The van der Waals surface area contributed by atoms with Crippen molar-refractivity contribution >= 4 is 23.4 Å².